The van der Waals surface area contributed by atoms with Crippen LogP contribution in [0.2, 0.25) is 0 Å². The van der Waals surface area contributed by atoms with Gasteiger partial charge in [-0.25, -0.2) is 0 Å². The molecule has 0 aliphatic carbocycles. The third kappa shape index (κ3) is 2.52. The lowest BCUT2D eigenvalue weighted by Gasteiger charge is -2.33. The molecule has 0 unspecified atom stereocenters. The number of nitrogens with one attached hydrogen (secondary N) is 1. The molecule has 1 aromatic carbocycles. The molecule has 0 radical (unpaired) electrons. The van der Waals surface area contributed by atoms with Crippen LogP contribution >= 0.6 is 11.3 Å². The maximum absolute atomic E-state index is 12.8. The third-order valence-electron chi connectivity index (χ3n) is 4.71. The summed E-state index contributed by atoms with van der Waals surface area (Å²) in [6, 6.07) is 9.47. The van der Waals surface area contributed by atoms with Crippen molar-refractivity contribution in [3.05, 3.63) is 45.6 Å². The Morgan fingerprint density at radius 3 is 2.67 bits per heavy atom. The van der Waals surface area contributed by atoms with Crippen LogP contribution in [0.15, 0.2) is 35.1 Å². The first-order valence-electron chi connectivity index (χ1n) is 8.23. The highest BCUT2D eigenvalue weighted by molar-refractivity contribution is 7.21. The van der Waals surface area contributed by atoms with Crippen LogP contribution in [0.1, 0.15) is 16.6 Å². The fourth-order valence-corrected chi connectivity index (χ4v) is 4.43. The van der Waals surface area contributed by atoms with Gasteiger partial charge in [-0.05, 0) is 18.7 Å². The summed E-state index contributed by atoms with van der Waals surface area (Å²) >= 11 is 1.42. The Morgan fingerprint density at radius 1 is 1.17 bits per heavy atom. The van der Waals surface area contributed by atoms with E-state index >= 15 is 0 Å². The first-order chi connectivity index (χ1) is 11.7. The SMILES string of the molecule is CCN1CCN(C(=O)c2cc3c(=O)[nH]c4ccccc4c3s2)CC1. The standard InChI is InChI=1S/C18H19N3O2S/c1-2-20-7-9-21(10-8-20)18(23)15-11-13-16(24-15)12-5-3-4-6-14(12)19-17(13)22/h3-6,11H,2,7-10H2,1H3,(H,19,22). The fraction of sp³-hybridized carbons (Fsp3) is 0.333. The van der Waals surface area contributed by atoms with E-state index < -0.39 is 0 Å². The molecule has 1 N–H and O–H groups in total. The lowest BCUT2D eigenvalue weighted by molar-refractivity contribution is 0.0648. The molecule has 124 valence electrons. The van der Waals surface area contributed by atoms with Gasteiger partial charge < -0.3 is 14.8 Å². The minimum absolute atomic E-state index is 0.0374. The monoisotopic (exact) mass is 341 g/mol. The molecule has 1 aliphatic rings. The Morgan fingerprint density at radius 2 is 1.92 bits per heavy atom. The highest BCUT2D eigenvalue weighted by atomic mass is 32.1. The largest absolute Gasteiger partial charge is 0.335 e. The van der Waals surface area contributed by atoms with Crippen molar-refractivity contribution >= 4 is 38.2 Å². The summed E-state index contributed by atoms with van der Waals surface area (Å²) in [6.07, 6.45) is 0. The molecule has 1 amide bonds. The number of hydrogen-bond acceptors (Lipinski definition) is 4. The third-order valence-corrected chi connectivity index (χ3v) is 5.87. The van der Waals surface area contributed by atoms with E-state index in [0.717, 1.165) is 48.3 Å². The number of thiophene rings is 1. The van der Waals surface area contributed by atoms with E-state index in [0.29, 0.717) is 10.3 Å². The second-order valence-corrected chi connectivity index (χ2v) is 7.13. The van der Waals surface area contributed by atoms with Crippen LogP contribution in [0.4, 0.5) is 0 Å². The summed E-state index contributed by atoms with van der Waals surface area (Å²) in [7, 11) is 0. The number of nitrogens with zero attached hydrogens (tertiary/aromatic N) is 2. The van der Waals surface area contributed by atoms with E-state index in [2.05, 4.69) is 16.8 Å². The Labute approximate surface area is 143 Å². The number of carbonyl (C=O) groups is 1. The smallest absolute Gasteiger partial charge is 0.264 e. The number of pyridine rings is 1. The zero-order valence-corrected chi connectivity index (χ0v) is 14.4. The van der Waals surface area contributed by atoms with Crippen LogP contribution in [0.25, 0.3) is 21.0 Å². The van der Waals surface area contributed by atoms with Crippen LogP contribution in [0.3, 0.4) is 0 Å². The molecule has 1 saturated heterocycles. The van der Waals surface area contributed by atoms with E-state index in [9.17, 15) is 9.59 Å². The molecule has 4 rings (SSSR count). The molecular formula is C18H19N3O2S. The van der Waals surface area contributed by atoms with Crippen LogP contribution in [-0.4, -0.2) is 53.4 Å². The Hall–Kier alpha value is -2.18. The highest BCUT2D eigenvalue weighted by Crippen LogP contribution is 2.30. The number of benzene rings is 1. The topological polar surface area (TPSA) is 56.4 Å². The van der Waals surface area contributed by atoms with E-state index in [1.54, 1.807) is 6.07 Å². The minimum atomic E-state index is -0.130. The molecule has 1 fully saturated rings. The number of aromatic amines is 1. The number of piperazine rings is 1. The lowest BCUT2D eigenvalue weighted by atomic mass is 10.2. The van der Waals surface area contributed by atoms with Gasteiger partial charge in [-0.15, -0.1) is 11.3 Å². The quantitative estimate of drug-likeness (QED) is 0.779. The van der Waals surface area contributed by atoms with Crippen LogP contribution in [-0.2, 0) is 0 Å². The van der Waals surface area contributed by atoms with Gasteiger partial charge in [0.15, 0.2) is 0 Å². The van der Waals surface area contributed by atoms with Gasteiger partial charge in [0.25, 0.3) is 11.5 Å². The average molecular weight is 341 g/mol. The first-order valence-corrected chi connectivity index (χ1v) is 9.05. The Balaban J connectivity index is 1.73. The number of carbonyl (C=O) groups excluding carboxylic acids is 1. The summed E-state index contributed by atoms with van der Waals surface area (Å²) in [5.74, 6) is 0.0374. The number of rotatable bonds is 2. The molecule has 2 aromatic heterocycles. The summed E-state index contributed by atoms with van der Waals surface area (Å²) in [5, 5.41) is 1.60. The molecule has 5 nitrogen and oxygen atoms in total. The van der Waals surface area contributed by atoms with Gasteiger partial charge in [0.1, 0.15) is 0 Å². The van der Waals surface area contributed by atoms with Crippen molar-refractivity contribution in [3.8, 4) is 0 Å². The predicted molar refractivity (Wildman–Crippen MR) is 98.0 cm³/mol. The fourth-order valence-electron chi connectivity index (χ4n) is 3.27. The molecule has 0 saturated carbocycles. The predicted octanol–water partition coefficient (Wildman–Crippen LogP) is 2.52. The number of hydrogen-bond donors (Lipinski definition) is 1. The molecule has 24 heavy (non-hydrogen) atoms. The van der Waals surface area contributed by atoms with Crippen molar-refractivity contribution < 1.29 is 4.79 Å². The molecule has 1 aliphatic heterocycles. The zero-order valence-electron chi connectivity index (χ0n) is 13.5. The van der Waals surface area contributed by atoms with Crippen LogP contribution < -0.4 is 5.56 Å². The second-order valence-electron chi connectivity index (χ2n) is 6.08. The molecule has 0 bridgehead atoms. The number of fused-ring (bicyclic) bond motifs is 3. The van der Waals surface area contributed by atoms with Gasteiger partial charge in [-0.1, -0.05) is 25.1 Å². The van der Waals surface area contributed by atoms with Crippen LogP contribution in [0, 0.1) is 0 Å². The lowest BCUT2D eigenvalue weighted by Crippen LogP contribution is -2.48. The number of H-pyrrole nitrogens is 1. The van der Waals surface area contributed by atoms with Crippen molar-refractivity contribution in [3.63, 3.8) is 0 Å². The van der Waals surface area contributed by atoms with Gasteiger partial charge in [-0.3, -0.25) is 9.59 Å². The number of likely N-dealkylation sites (N-methyl/N-ethyl adjacent to an activating group) is 1. The molecule has 0 spiro atoms. The minimum Gasteiger partial charge on any atom is -0.335 e. The van der Waals surface area contributed by atoms with Gasteiger partial charge in [0.2, 0.25) is 0 Å². The van der Waals surface area contributed by atoms with E-state index in [-0.39, 0.29) is 11.5 Å². The van der Waals surface area contributed by atoms with Crippen molar-refractivity contribution in [2.24, 2.45) is 0 Å². The van der Waals surface area contributed by atoms with Crippen molar-refractivity contribution in [1.82, 2.24) is 14.8 Å². The number of para-hydroxylation sites is 1. The van der Waals surface area contributed by atoms with E-state index in [1.165, 1.54) is 11.3 Å². The molecule has 3 heterocycles. The molecule has 0 atom stereocenters. The molecule has 3 aromatic rings. The van der Waals surface area contributed by atoms with Gasteiger partial charge in [0, 0.05) is 41.8 Å². The van der Waals surface area contributed by atoms with Gasteiger partial charge in [0.05, 0.1) is 10.3 Å². The normalized spacial score (nSPS) is 16.1. The Bertz CT molecular complexity index is 967. The summed E-state index contributed by atoms with van der Waals surface area (Å²) in [6.45, 7) is 6.48. The number of aromatic nitrogens is 1. The Kier molecular flexibility index (Phi) is 3.86. The zero-order chi connectivity index (χ0) is 16.7. The first kappa shape index (κ1) is 15.4. The van der Waals surface area contributed by atoms with E-state index in [1.807, 2.05) is 29.2 Å². The summed E-state index contributed by atoms with van der Waals surface area (Å²) in [4.78, 5) is 32.9. The second kappa shape index (κ2) is 6.03. The maximum atomic E-state index is 12.8. The van der Waals surface area contributed by atoms with Crippen molar-refractivity contribution in [2.45, 2.75) is 6.92 Å². The van der Waals surface area contributed by atoms with E-state index in [4.69, 9.17) is 0 Å². The molecule has 6 heteroatoms. The number of amides is 1. The van der Waals surface area contributed by atoms with Gasteiger partial charge in [-0.2, -0.15) is 0 Å². The summed E-state index contributed by atoms with van der Waals surface area (Å²) < 4.78 is 0.893. The van der Waals surface area contributed by atoms with Crippen molar-refractivity contribution in [2.75, 3.05) is 32.7 Å². The summed E-state index contributed by atoms with van der Waals surface area (Å²) in [5.41, 5.74) is 0.683. The maximum Gasteiger partial charge on any atom is 0.264 e. The molecular weight excluding hydrogens is 322 g/mol. The van der Waals surface area contributed by atoms with Crippen molar-refractivity contribution in [1.29, 1.82) is 0 Å². The van der Waals surface area contributed by atoms with Crippen LogP contribution in [0.5, 0.6) is 0 Å². The van der Waals surface area contributed by atoms with Gasteiger partial charge >= 0.3 is 0 Å². The highest BCUT2D eigenvalue weighted by Gasteiger charge is 2.23. The average Bonchev–Trinajstić information content (AvgIpc) is 3.07.